The van der Waals surface area contributed by atoms with E-state index in [1.54, 1.807) is 28.4 Å². The van der Waals surface area contributed by atoms with E-state index in [2.05, 4.69) is 35.3 Å². The molecule has 9 heteroatoms. The Morgan fingerprint density at radius 2 is 1.80 bits per heavy atom. The molecule has 3 aliphatic rings. The van der Waals surface area contributed by atoms with Crippen LogP contribution in [-0.4, -0.2) is 80.1 Å². The average molecular weight is 568 g/mol. The molecule has 2 unspecified atom stereocenters. The van der Waals surface area contributed by atoms with E-state index in [4.69, 9.17) is 28.7 Å². The minimum atomic E-state index is -0.503. The topological polar surface area (TPSA) is 82.6 Å². The molecule has 0 bridgehead atoms. The fraction of sp³-hybridized carbons (Fsp3) is 0.562. The van der Waals surface area contributed by atoms with Crippen LogP contribution in [0.25, 0.3) is 0 Å². The summed E-state index contributed by atoms with van der Waals surface area (Å²) in [6, 6.07) is 4.76. The fourth-order valence-electron chi connectivity index (χ4n) is 5.73. The Bertz CT molecular complexity index is 1190. The molecule has 2 aliphatic carbocycles. The van der Waals surface area contributed by atoms with Crippen molar-refractivity contribution in [1.82, 2.24) is 14.8 Å². The zero-order valence-electron chi connectivity index (χ0n) is 25.5. The van der Waals surface area contributed by atoms with Crippen molar-refractivity contribution in [3.05, 3.63) is 76.9 Å². The smallest absolute Gasteiger partial charge is 0.410 e. The highest BCUT2D eigenvalue weighted by Crippen LogP contribution is 2.36. The van der Waals surface area contributed by atoms with E-state index in [0.717, 1.165) is 43.0 Å². The lowest BCUT2D eigenvalue weighted by Crippen LogP contribution is -2.50. The Labute approximate surface area is 244 Å². The SMILES string of the molecule is COC1=CC=CC(N(Cc2ccnc(C3C=C(OC)C(OC)=C(OC)C3)c2)C2CCN(C(=O)OC(C)(C)C)CC2)C1. The maximum Gasteiger partial charge on any atom is 0.410 e. The molecule has 1 aromatic rings. The van der Waals surface area contributed by atoms with Gasteiger partial charge in [-0.05, 0) is 63.5 Å². The van der Waals surface area contributed by atoms with Crippen molar-refractivity contribution >= 4 is 6.09 Å². The first kappa shape index (κ1) is 30.5. The largest absolute Gasteiger partial charge is 0.501 e. The molecule has 2 atom stereocenters. The molecule has 0 aromatic carbocycles. The van der Waals surface area contributed by atoms with Crippen LogP contribution < -0.4 is 0 Å². The molecule has 1 aliphatic heterocycles. The maximum absolute atomic E-state index is 12.7. The lowest BCUT2D eigenvalue weighted by molar-refractivity contribution is 0.0111. The van der Waals surface area contributed by atoms with E-state index in [1.165, 1.54) is 5.56 Å². The van der Waals surface area contributed by atoms with Gasteiger partial charge in [0.05, 0.1) is 34.2 Å². The zero-order valence-corrected chi connectivity index (χ0v) is 25.5. The van der Waals surface area contributed by atoms with E-state index in [1.807, 2.05) is 37.9 Å². The Morgan fingerprint density at radius 1 is 1.05 bits per heavy atom. The number of nitrogens with zero attached hydrogens (tertiary/aromatic N) is 3. The van der Waals surface area contributed by atoms with Crippen molar-refractivity contribution in [2.24, 2.45) is 0 Å². The van der Waals surface area contributed by atoms with Crippen molar-refractivity contribution in [1.29, 1.82) is 0 Å². The lowest BCUT2D eigenvalue weighted by Gasteiger charge is -2.42. The van der Waals surface area contributed by atoms with Crippen LogP contribution in [0.1, 0.15) is 63.6 Å². The minimum absolute atomic E-state index is 0.00173. The first-order valence-corrected chi connectivity index (χ1v) is 14.3. The molecular formula is C32H45N3O6. The first-order valence-electron chi connectivity index (χ1n) is 14.3. The number of methoxy groups -OCH3 is 4. The molecule has 0 saturated carbocycles. The second kappa shape index (κ2) is 13.5. The quantitative estimate of drug-likeness (QED) is 0.378. The van der Waals surface area contributed by atoms with Crippen molar-refractivity contribution in [2.75, 3.05) is 41.5 Å². The van der Waals surface area contributed by atoms with E-state index in [-0.39, 0.29) is 18.1 Å². The lowest BCUT2D eigenvalue weighted by atomic mass is 9.92. The van der Waals surface area contributed by atoms with Crippen LogP contribution in [0.3, 0.4) is 0 Å². The summed E-state index contributed by atoms with van der Waals surface area (Å²) < 4.78 is 28.0. The Hall–Kier alpha value is -3.46. The van der Waals surface area contributed by atoms with Crippen molar-refractivity contribution < 1.29 is 28.5 Å². The molecule has 2 heterocycles. The maximum atomic E-state index is 12.7. The predicted octanol–water partition coefficient (Wildman–Crippen LogP) is 5.66. The highest BCUT2D eigenvalue weighted by molar-refractivity contribution is 5.68. The highest BCUT2D eigenvalue weighted by atomic mass is 16.6. The molecule has 224 valence electrons. The van der Waals surface area contributed by atoms with Gasteiger partial charge in [-0.1, -0.05) is 12.2 Å². The van der Waals surface area contributed by atoms with Gasteiger partial charge >= 0.3 is 6.09 Å². The summed E-state index contributed by atoms with van der Waals surface area (Å²) in [5.41, 5.74) is 1.63. The van der Waals surface area contributed by atoms with E-state index in [0.29, 0.717) is 37.1 Å². The predicted molar refractivity (Wildman–Crippen MR) is 157 cm³/mol. The van der Waals surface area contributed by atoms with Crippen molar-refractivity contribution in [3.8, 4) is 0 Å². The molecule has 0 N–H and O–H groups in total. The van der Waals surface area contributed by atoms with Crippen molar-refractivity contribution in [3.63, 3.8) is 0 Å². The van der Waals surface area contributed by atoms with E-state index in [9.17, 15) is 4.79 Å². The molecule has 4 rings (SSSR count). The number of piperidine rings is 1. The van der Waals surface area contributed by atoms with Gasteiger partial charge in [0.25, 0.3) is 0 Å². The number of likely N-dealkylation sites (tertiary alicyclic amines) is 1. The second-order valence-electron chi connectivity index (χ2n) is 11.7. The standard InChI is InChI=1S/C32H45N3O6/c1-32(2,3)41-31(36)34-15-12-24(13-16-34)35(25-9-8-10-26(20-25)37-4)21-22-11-14-33-27(17-22)23-18-28(38-5)30(40-7)29(19-23)39-6/h8-11,14,17-18,23-25H,12-13,15-16,19-21H2,1-7H3. The normalized spacial score (nSPS) is 21.8. The second-order valence-corrected chi connectivity index (χ2v) is 11.7. The molecular weight excluding hydrogens is 522 g/mol. The van der Waals surface area contributed by atoms with Gasteiger partial charge in [-0.3, -0.25) is 9.88 Å². The van der Waals surface area contributed by atoms with Crippen LogP contribution in [0, 0.1) is 0 Å². The summed E-state index contributed by atoms with van der Waals surface area (Å²) in [5, 5.41) is 0. The van der Waals surface area contributed by atoms with Gasteiger partial charge in [0, 0.05) is 62.4 Å². The molecule has 1 aromatic heterocycles. The Kier molecular flexibility index (Phi) is 10.0. The monoisotopic (exact) mass is 567 g/mol. The van der Waals surface area contributed by atoms with Gasteiger partial charge in [0.2, 0.25) is 0 Å². The zero-order chi connectivity index (χ0) is 29.6. The van der Waals surface area contributed by atoms with Crippen LogP contribution in [0.5, 0.6) is 0 Å². The van der Waals surface area contributed by atoms with Gasteiger partial charge in [-0.15, -0.1) is 0 Å². The number of carbonyl (C=O) groups excluding carboxylic acids is 1. The number of hydrogen-bond acceptors (Lipinski definition) is 8. The number of carbonyl (C=O) groups is 1. The summed E-state index contributed by atoms with van der Waals surface area (Å²) in [6.07, 6.45) is 13.3. The number of rotatable bonds is 9. The molecule has 0 radical (unpaired) electrons. The average Bonchev–Trinajstić information content (AvgIpc) is 2.98. The third-order valence-electron chi connectivity index (χ3n) is 7.79. The van der Waals surface area contributed by atoms with Gasteiger partial charge in [-0.2, -0.15) is 0 Å². The van der Waals surface area contributed by atoms with Gasteiger partial charge in [0.15, 0.2) is 11.5 Å². The Balaban J connectivity index is 1.53. The van der Waals surface area contributed by atoms with E-state index < -0.39 is 5.60 Å². The molecule has 1 amide bonds. The van der Waals surface area contributed by atoms with Gasteiger partial charge in [-0.25, -0.2) is 4.79 Å². The molecule has 41 heavy (non-hydrogen) atoms. The number of hydrogen-bond donors (Lipinski definition) is 0. The third kappa shape index (κ3) is 7.64. The van der Waals surface area contributed by atoms with Gasteiger partial charge < -0.3 is 28.6 Å². The first-order chi connectivity index (χ1) is 19.6. The van der Waals surface area contributed by atoms with Crippen LogP contribution in [-0.2, 0) is 30.2 Å². The third-order valence-corrected chi connectivity index (χ3v) is 7.79. The number of allylic oxidation sites excluding steroid dienone is 4. The molecule has 1 fully saturated rings. The summed E-state index contributed by atoms with van der Waals surface area (Å²) in [5.74, 6) is 2.99. The van der Waals surface area contributed by atoms with Crippen molar-refractivity contribution in [2.45, 2.75) is 76.6 Å². The van der Waals surface area contributed by atoms with Gasteiger partial charge in [0.1, 0.15) is 11.4 Å². The Morgan fingerprint density at radius 3 is 2.44 bits per heavy atom. The molecule has 0 spiro atoms. The summed E-state index contributed by atoms with van der Waals surface area (Å²) in [4.78, 5) is 21.8. The number of ether oxygens (including phenoxy) is 5. The van der Waals surface area contributed by atoms with Crippen LogP contribution in [0.4, 0.5) is 4.79 Å². The number of amides is 1. The van der Waals surface area contributed by atoms with Crippen LogP contribution >= 0.6 is 0 Å². The fourth-order valence-corrected chi connectivity index (χ4v) is 5.73. The number of pyridine rings is 1. The van der Waals surface area contributed by atoms with Crippen LogP contribution in [0.2, 0.25) is 0 Å². The highest BCUT2D eigenvalue weighted by Gasteiger charge is 2.33. The number of aromatic nitrogens is 1. The summed E-state index contributed by atoms with van der Waals surface area (Å²) >= 11 is 0. The van der Waals surface area contributed by atoms with Crippen LogP contribution in [0.15, 0.2) is 65.7 Å². The summed E-state index contributed by atoms with van der Waals surface area (Å²) in [7, 11) is 6.64. The molecule has 1 saturated heterocycles. The minimum Gasteiger partial charge on any atom is -0.501 e. The van der Waals surface area contributed by atoms with E-state index >= 15 is 0 Å². The molecule has 9 nitrogen and oxygen atoms in total. The summed E-state index contributed by atoms with van der Waals surface area (Å²) in [6.45, 7) is 7.80.